The highest BCUT2D eigenvalue weighted by Crippen LogP contribution is 2.46. The largest absolute Gasteiger partial charge is 0.493 e. The van der Waals surface area contributed by atoms with Crippen molar-refractivity contribution in [3.8, 4) is 28.7 Å². The second-order valence-electron chi connectivity index (χ2n) is 6.33. The van der Waals surface area contributed by atoms with E-state index in [2.05, 4.69) is 0 Å². The number of methoxy groups -OCH3 is 3. The van der Waals surface area contributed by atoms with Crippen molar-refractivity contribution in [1.82, 2.24) is 4.90 Å². The monoisotopic (exact) mass is 403 g/mol. The third-order valence-corrected chi connectivity index (χ3v) is 5.99. The zero-order valence-corrected chi connectivity index (χ0v) is 16.7. The van der Waals surface area contributed by atoms with Gasteiger partial charge in [-0.3, -0.25) is 4.79 Å². The molecule has 2 aliphatic rings. The normalized spacial score (nSPS) is 17.8. The van der Waals surface area contributed by atoms with E-state index in [9.17, 15) is 4.79 Å². The molecule has 2 aromatic rings. The molecule has 1 atom stereocenters. The van der Waals surface area contributed by atoms with Crippen LogP contribution in [0.25, 0.3) is 0 Å². The van der Waals surface area contributed by atoms with E-state index in [1.165, 1.54) is 0 Å². The van der Waals surface area contributed by atoms with E-state index in [4.69, 9.17) is 23.7 Å². The van der Waals surface area contributed by atoms with Gasteiger partial charge >= 0.3 is 0 Å². The van der Waals surface area contributed by atoms with E-state index in [-0.39, 0.29) is 18.1 Å². The minimum absolute atomic E-state index is 0.0846. The summed E-state index contributed by atoms with van der Waals surface area (Å²) < 4.78 is 27.1. The van der Waals surface area contributed by atoms with E-state index >= 15 is 0 Å². The number of carbonyl (C=O) groups is 1. The van der Waals surface area contributed by atoms with Gasteiger partial charge in [-0.25, -0.2) is 0 Å². The molecule has 0 aliphatic carbocycles. The minimum Gasteiger partial charge on any atom is -0.493 e. The lowest BCUT2D eigenvalue weighted by atomic mass is 10.1. The Morgan fingerprint density at radius 2 is 1.75 bits per heavy atom. The van der Waals surface area contributed by atoms with Gasteiger partial charge in [0.15, 0.2) is 23.0 Å². The molecule has 2 aliphatic heterocycles. The molecule has 4 rings (SSSR count). The summed E-state index contributed by atoms with van der Waals surface area (Å²) >= 11 is 1.58. The predicted molar refractivity (Wildman–Crippen MR) is 104 cm³/mol. The molecule has 7 nitrogen and oxygen atoms in total. The fraction of sp³-hybridized carbons (Fsp3) is 0.350. The smallest absolute Gasteiger partial charge is 0.234 e. The summed E-state index contributed by atoms with van der Waals surface area (Å²) in [5, 5.41) is -0.147. The zero-order valence-electron chi connectivity index (χ0n) is 15.9. The molecule has 8 heteroatoms. The lowest BCUT2D eigenvalue weighted by molar-refractivity contribution is -0.128. The Bertz CT molecular complexity index is 877. The Balaban J connectivity index is 1.64. The topological polar surface area (TPSA) is 66.5 Å². The summed E-state index contributed by atoms with van der Waals surface area (Å²) in [5.41, 5.74) is 1.91. The number of thioether (sulfide) groups is 1. The summed E-state index contributed by atoms with van der Waals surface area (Å²) in [7, 11) is 4.73. The van der Waals surface area contributed by atoms with Gasteiger partial charge in [0.25, 0.3) is 0 Å². The van der Waals surface area contributed by atoms with E-state index in [1.54, 1.807) is 33.1 Å². The number of ether oxygens (including phenoxy) is 5. The van der Waals surface area contributed by atoms with Gasteiger partial charge in [0.2, 0.25) is 18.4 Å². The van der Waals surface area contributed by atoms with Gasteiger partial charge in [-0.2, -0.15) is 0 Å². The molecule has 0 saturated carbocycles. The molecule has 2 aromatic carbocycles. The van der Waals surface area contributed by atoms with Crippen molar-refractivity contribution in [1.29, 1.82) is 0 Å². The highest BCUT2D eigenvalue weighted by Gasteiger charge is 2.34. The van der Waals surface area contributed by atoms with Gasteiger partial charge in [-0.15, -0.1) is 11.8 Å². The minimum atomic E-state index is -0.147. The Morgan fingerprint density at radius 1 is 1.04 bits per heavy atom. The van der Waals surface area contributed by atoms with Crippen molar-refractivity contribution in [3.05, 3.63) is 41.5 Å². The van der Waals surface area contributed by atoms with Crippen LogP contribution in [0.2, 0.25) is 0 Å². The van der Waals surface area contributed by atoms with Crippen molar-refractivity contribution in [3.63, 3.8) is 0 Å². The van der Waals surface area contributed by atoms with Crippen LogP contribution in [0.15, 0.2) is 30.3 Å². The SMILES string of the molecule is COc1cc([C@@H]2SCC(=O)N2Cc2ccc3c(c2)OCO3)cc(OC)c1OC. The highest BCUT2D eigenvalue weighted by atomic mass is 32.2. The van der Waals surface area contributed by atoms with Gasteiger partial charge in [0.1, 0.15) is 5.37 Å². The number of benzene rings is 2. The molecule has 0 N–H and O–H groups in total. The van der Waals surface area contributed by atoms with Crippen molar-refractivity contribution < 1.29 is 28.5 Å². The summed E-state index contributed by atoms with van der Waals surface area (Å²) in [6.45, 7) is 0.704. The van der Waals surface area contributed by atoms with Crippen molar-refractivity contribution in [2.45, 2.75) is 11.9 Å². The van der Waals surface area contributed by atoms with Crippen LogP contribution in [0.3, 0.4) is 0 Å². The Kier molecular flexibility index (Phi) is 5.13. The summed E-state index contributed by atoms with van der Waals surface area (Å²) in [6, 6.07) is 9.54. The Hall–Kier alpha value is -2.74. The first-order valence-electron chi connectivity index (χ1n) is 8.74. The van der Waals surface area contributed by atoms with Crippen LogP contribution in [-0.2, 0) is 11.3 Å². The molecule has 28 heavy (non-hydrogen) atoms. The zero-order chi connectivity index (χ0) is 19.7. The van der Waals surface area contributed by atoms with Gasteiger partial charge in [-0.05, 0) is 35.4 Å². The molecule has 2 heterocycles. The van der Waals surface area contributed by atoms with Gasteiger partial charge < -0.3 is 28.6 Å². The maximum absolute atomic E-state index is 12.6. The first-order valence-corrected chi connectivity index (χ1v) is 9.79. The third kappa shape index (κ3) is 3.28. The fourth-order valence-electron chi connectivity index (χ4n) is 3.38. The first-order chi connectivity index (χ1) is 13.6. The van der Waals surface area contributed by atoms with Gasteiger partial charge in [0, 0.05) is 6.54 Å². The lowest BCUT2D eigenvalue weighted by Gasteiger charge is -2.25. The summed E-state index contributed by atoms with van der Waals surface area (Å²) in [6.07, 6.45) is 0. The Labute approximate surface area is 167 Å². The molecule has 0 unspecified atom stereocenters. The van der Waals surface area contributed by atoms with Crippen molar-refractivity contribution >= 4 is 17.7 Å². The van der Waals surface area contributed by atoms with E-state index in [0.29, 0.717) is 35.3 Å². The van der Waals surface area contributed by atoms with Gasteiger partial charge in [0.05, 0.1) is 27.1 Å². The molecule has 1 saturated heterocycles. The number of carbonyl (C=O) groups excluding carboxylic acids is 1. The molecular weight excluding hydrogens is 382 g/mol. The van der Waals surface area contributed by atoms with Gasteiger partial charge in [-0.1, -0.05) is 6.07 Å². The second kappa shape index (κ2) is 7.71. The lowest BCUT2D eigenvalue weighted by Crippen LogP contribution is -2.27. The standard InChI is InChI=1S/C20H21NO6S/c1-23-16-7-13(8-17(24-2)19(16)25-3)20-21(18(22)10-28-20)9-12-4-5-14-15(6-12)27-11-26-14/h4-8,20H,9-11H2,1-3H3/t20-/m0/s1. The molecule has 1 fully saturated rings. The van der Waals surface area contributed by atoms with Crippen LogP contribution >= 0.6 is 11.8 Å². The van der Waals surface area contributed by atoms with Crippen LogP contribution in [0, 0.1) is 0 Å². The molecule has 1 amide bonds. The number of amides is 1. The molecule has 0 radical (unpaired) electrons. The van der Waals surface area contributed by atoms with E-state index < -0.39 is 0 Å². The first kappa shape index (κ1) is 18.6. The number of fused-ring (bicyclic) bond motifs is 1. The molecule has 0 aromatic heterocycles. The average molecular weight is 403 g/mol. The summed E-state index contributed by atoms with van der Waals surface area (Å²) in [4.78, 5) is 14.4. The third-order valence-electron chi connectivity index (χ3n) is 4.73. The summed E-state index contributed by atoms with van der Waals surface area (Å²) in [5.74, 6) is 3.62. The van der Waals surface area contributed by atoms with Crippen LogP contribution in [0.1, 0.15) is 16.5 Å². The maximum atomic E-state index is 12.6. The van der Waals surface area contributed by atoms with Crippen LogP contribution < -0.4 is 23.7 Å². The second-order valence-corrected chi connectivity index (χ2v) is 7.40. The predicted octanol–water partition coefficient (Wildman–Crippen LogP) is 3.22. The number of hydrogen-bond acceptors (Lipinski definition) is 7. The number of rotatable bonds is 6. The van der Waals surface area contributed by atoms with E-state index in [0.717, 1.165) is 16.9 Å². The maximum Gasteiger partial charge on any atom is 0.234 e. The van der Waals surface area contributed by atoms with Crippen LogP contribution in [0.4, 0.5) is 0 Å². The average Bonchev–Trinajstić information content (AvgIpc) is 3.33. The van der Waals surface area contributed by atoms with E-state index in [1.807, 2.05) is 35.2 Å². The quantitative estimate of drug-likeness (QED) is 0.734. The van der Waals surface area contributed by atoms with Crippen LogP contribution in [-0.4, -0.2) is 44.7 Å². The molecule has 0 spiro atoms. The molecule has 148 valence electrons. The fourth-order valence-corrected chi connectivity index (χ4v) is 4.55. The number of nitrogens with zero attached hydrogens (tertiary/aromatic N) is 1. The van der Waals surface area contributed by atoms with Crippen molar-refractivity contribution in [2.24, 2.45) is 0 Å². The van der Waals surface area contributed by atoms with Crippen molar-refractivity contribution in [2.75, 3.05) is 33.9 Å². The molecule has 0 bridgehead atoms. The molecular formula is C20H21NO6S. The van der Waals surface area contributed by atoms with Crippen LogP contribution in [0.5, 0.6) is 28.7 Å². The number of hydrogen-bond donors (Lipinski definition) is 0. The Morgan fingerprint density at radius 3 is 2.43 bits per heavy atom. The highest BCUT2D eigenvalue weighted by molar-refractivity contribution is 8.00.